The minimum Gasteiger partial charge on any atom is -0.356 e. The van der Waals surface area contributed by atoms with E-state index in [0.717, 1.165) is 32.5 Å². The van der Waals surface area contributed by atoms with Gasteiger partial charge in [0.1, 0.15) is 0 Å². The van der Waals surface area contributed by atoms with Gasteiger partial charge in [0.2, 0.25) is 11.8 Å². The lowest BCUT2D eigenvalue weighted by Gasteiger charge is -2.38. The third-order valence-electron chi connectivity index (χ3n) is 3.83. The zero-order valence-electron chi connectivity index (χ0n) is 10.1. The average molecular weight is 224 g/mol. The van der Waals surface area contributed by atoms with Gasteiger partial charge in [0.25, 0.3) is 0 Å². The molecule has 4 heteroatoms. The van der Waals surface area contributed by atoms with Crippen molar-refractivity contribution in [3.05, 3.63) is 0 Å². The SMILES string of the molecule is CC(C)C(=O)N1CCC2(CC1)CNC(=O)C2. The Balaban J connectivity index is 1.92. The maximum Gasteiger partial charge on any atom is 0.225 e. The van der Waals surface area contributed by atoms with Crippen LogP contribution in [0.5, 0.6) is 0 Å². The van der Waals surface area contributed by atoms with Crippen LogP contribution in [0.2, 0.25) is 0 Å². The van der Waals surface area contributed by atoms with E-state index in [1.807, 2.05) is 18.7 Å². The van der Waals surface area contributed by atoms with E-state index in [4.69, 9.17) is 0 Å². The molecule has 0 aromatic rings. The average Bonchev–Trinajstić information content (AvgIpc) is 2.60. The molecule has 0 saturated carbocycles. The lowest BCUT2D eigenvalue weighted by atomic mass is 9.77. The summed E-state index contributed by atoms with van der Waals surface area (Å²) in [6.45, 7) is 6.30. The molecule has 90 valence electrons. The Morgan fingerprint density at radius 1 is 1.38 bits per heavy atom. The molecule has 2 aliphatic rings. The van der Waals surface area contributed by atoms with E-state index in [9.17, 15) is 9.59 Å². The van der Waals surface area contributed by atoms with E-state index in [1.165, 1.54) is 0 Å². The highest BCUT2D eigenvalue weighted by molar-refractivity contribution is 5.80. The predicted octanol–water partition coefficient (Wildman–Crippen LogP) is 0.771. The molecule has 16 heavy (non-hydrogen) atoms. The maximum atomic E-state index is 11.8. The molecule has 2 saturated heterocycles. The largest absolute Gasteiger partial charge is 0.356 e. The van der Waals surface area contributed by atoms with Crippen LogP contribution in [-0.2, 0) is 9.59 Å². The number of rotatable bonds is 1. The van der Waals surface area contributed by atoms with Gasteiger partial charge in [0.15, 0.2) is 0 Å². The lowest BCUT2D eigenvalue weighted by Crippen LogP contribution is -2.45. The molecule has 2 amide bonds. The van der Waals surface area contributed by atoms with E-state index in [2.05, 4.69) is 5.32 Å². The Morgan fingerprint density at radius 2 is 2.00 bits per heavy atom. The lowest BCUT2D eigenvalue weighted by molar-refractivity contribution is -0.136. The maximum absolute atomic E-state index is 11.8. The molecule has 0 radical (unpaired) electrons. The topological polar surface area (TPSA) is 49.4 Å². The number of amides is 2. The van der Waals surface area contributed by atoms with Crippen LogP contribution in [-0.4, -0.2) is 36.3 Å². The highest BCUT2D eigenvalue weighted by Gasteiger charge is 2.41. The number of nitrogens with one attached hydrogen (secondary N) is 1. The van der Waals surface area contributed by atoms with Gasteiger partial charge in [-0.05, 0) is 18.3 Å². The molecule has 4 nitrogen and oxygen atoms in total. The Bertz CT molecular complexity index is 304. The van der Waals surface area contributed by atoms with Crippen molar-refractivity contribution < 1.29 is 9.59 Å². The van der Waals surface area contributed by atoms with Crippen LogP contribution in [0.25, 0.3) is 0 Å². The van der Waals surface area contributed by atoms with Crippen molar-refractivity contribution in [1.82, 2.24) is 10.2 Å². The fraction of sp³-hybridized carbons (Fsp3) is 0.833. The smallest absolute Gasteiger partial charge is 0.225 e. The van der Waals surface area contributed by atoms with Crippen molar-refractivity contribution in [2.24, 2.45) is 11.3 Å². The van der Waals surface area contributed by atoms with E-state index in [1.54, 1.807) is 0 Å². The summed E-state index contributed by atoms with van der Waals surface area (Å²) in [5.74, 6) is 0.494. The van der Waals surface area contributed by atoms with Crippen molar-refractivity contribution in [3.8, 4) is 0 Å². The van der Waals surface area contributed by atoms with E-state index in [-0.39, 0.29) is 23.1 Å². The normalized spacial score (nSPS) is 23.9. The molecule has 0 atom stereocenters. The summed E-state index contributed by atoms with van der Waals surface area (Å²) in [5.41, 5.74) is 0.144. The number of piperidine rings is 1. The van der Waals surface area contributed by atoms with Gasteiger partial charge in [-0.1, -0.05) is 13.8 Å². The molecule has 0 aromatic heterocycles. The second-order valence-electron chi connectivity index (χ2n) is 5.43. The van der Waals surface area contributed by atoms with Gasteiger partial charge >= 0.3 is 0 Å². The first-order valence-corrected chi connectivity index (χ1v) is 6.08. The quantitative estimate of drug-likeness (QED) is 0.715. The first kappa shape index (κ1) is 11.4. The van der Waals surface area contributed by atoms with Crippen LogP contribution in [0, 0.1) is 11.3 Å². The molecule has 2 rings (SSSR count). The molecule has 2 fully saturated rings. The van der Waals surface area contributed by atoms with Crippen LogP contribution in [0.4, 0.5) is 0 Å². The molecule has 0 aliphatic carbocycles. The number of carbonyl (C=O) groups excluding carboxylic acids is 2. The molecule has 2 heterocycles. The van der Waals surface area contributed by atoms with Crippen LogP contribution in [0.1, 0.15) is 33.1 Å². The standard InChI is InChI=1S/C12H20N2O2/c1-9(2)11(16)14-5-3-12(4-6-14)7-10(15)13-8-12/h9H,3-8H2,1-2H3,(H,13,15). The van der Waals surface area contributed by atoms with Crippen molar-refractivity contribution in [1.29, 1.82) is 0 Å². The van der Waals surface area contributed by atoms with Crippen LogP contribution < -0.4 is 5.32 Å². The van der Waals surface area contributed by atoms with Crippen molar-refractivity contribution in [2.45, 2.75) is 33.1 Å². The summed E-state index contributed by atoms with van der Waals surface area (Å²) in [6.07, 6.45) is 2.57. The minimum absolute atomic E-state index is 0.0809. The van der Waals surface area contributed by atoms with Gasteiger partial charge in [0.05, 0.1) is 0 Å². The molecular formula is C12H20N2O2. The Labute approximate surface area is 96.4 Å². The molecule has 1 N–H and O–H groups in total. The summed E-state index contributed by atoms with van der Waals surface area (Å²) < 4.78 is 0. The summed E-state index contributed by atoms with van der Waals surface area (Å²) in [7, 11) is 0. The predicted molar refractivity (Wildman–Crippen MR) is 60.7 cm³/mol. The van der Waals surface area contributed by atoms with Crippen LogP contribution in [0.3, 0.4) is 0 Å². The van der Waals surface area contributed by atoms with E-state index < -0.39 is 0 Å². The highest BCUT2D eigenvalue weighted by Crippen LogP contribution is 2.37. The summed E-state index contributed by atoms with van der Waals surface area (Å²) in [5, 5.41) is 2.90. The van der Waals surface area contributed by atoms with Crippen molar-refractivity contribution in [3.63, 3.8) is 0 Å². The Hall–Kier alpha value is -1.06. The second-order valence-corrected chi connectivity index (χ2v) is 5.43. The third-order valence-corrected chi connectivity index (χ3v) is 3.83. The number of hydrogen-bond acceptors (Lipinski definition) is 2. The fourth-order valence-electron chi connectivity index (χ4n) is 2.67. The number of carbonyl (C=O) groups is 2. The molecule has 0 aromatic carbocycles. The van der Waals surface area contributed by atoms with Gasteiger partial charge in [0, 0.05) is 32.0 Å². The molecular weight excluding hydrogens is 204 g/mol. The van der Waals surface area contributed by atoms with Crippen molar-refractivity contribution in [2.75, 3.05) is 19.6 Å². The van der Waals surface area contributed by atoms with Crippen LogP contribution in [0.15, 0.2) is 0 Å². The number of hydrogen-bond donors (Lipinski definition) is 1. The summed E-state index contributed by atoms with van der Waals surface area (Å²) in [6, 6.07) is 0. The Morgan fingerprint density at radius 3 is 2.44 bits per heavy atom. The van der Waals surface area contributed by atoms with Crippen molar-refractivity contribution >= 4 is 11.8 Å². The molecule has 1 spiro atoms. The Kier molecular flexibility index (Phi) is 2.91. The molecule has 2 aliphatic heterocycles. The number of likely N-dealkylation sites (tertiary alicyclic amines) is 1. The van der Waals surface area contributed by atoms with Crippen LogP contribution >= 0.6 is 0 Å². The highest BCUT2D eigenvalue weighted by atomic mass is 16.2. The van der Waals surface area contributed by atoms with Gasteiger partial charge < -0.3 is 10.2 Å². The minimum atomic E-state index is 0.0809. The van der Waals surface area contributed by atoms with E-state index in [0.29, 0.717) is 6.42 Å². The first-order valence-electron chi connectivity index (χ1n) is 6.08. The monoisotopic (exact) mass is 224 g/mol. The third kappa shape index (κ3) is 2.06. The van der Waals surface area contributed by atoms with Gasteiger partial charge in [-0.15, -0.1) is 0 Å². The first-order chi connectivity index (χ1) is 7.52. The molecule has 0 bridgehead atoms. The number of nitrogens with zero attached hydrogens (tertiary/aromatic N) is 1. The zero-order valence-corrected chi connectivity index (χ0v) is 10.1. The zero-order chi connectivity index (χ0) is 11.8. The summed E-state index contributed by atoms with van der Waals surface area (Å²) >= 11 is 0. The molecule has 0 unspecified atom stereocenters. The van der Waals surface area contributed by atoms with Gasteiger partial charge in [-0.25, -0.2) is 0 Å². The fourth-order valence-corrected chi connectivity index (χ4v) is 2.67. The summed E-state index contributed by atoms with van der Waals surface area (Å²) in [4.78, 5) is 25.0. The van der Waals surface area contributed by atoms with Gasteiger partial charge in [-0.3, -0.25) is 9.59 Å². The second kappa shape index (κ2) is 4.07. The van der Waals surface area contributed by atoms with E-state index >= 15 is 0 Å². The van der Waals surface area contributed by atoms with Gasteiger partial charge in [-0.2, -0.15) is 0 Å².